The van der Waals surface area contributed by atoms with Crippen LogP contribution in [0.15, 0.2) is 4.99 Å². The van der Waals surface area contributed by atoms with Crippen molar-refractivity contribution in [1.29, 1.82) is 0 Å². The van der Waals surface area contributed by atoms with E-state index in [-0.39, 0.29) is 35.9 Å². The number of halogens is 1. The van der Waals surface area contributed by atoms with Crippen LogP contribution in [0.25, 0.3) is 0 Å². The molecule has 0 aromatic carbocycles. The van der Waals surface area contributed by atoms with Crippen LogP contribution in [0.4, 0.5) is 0 Å². The second-order valence-corrected chi connectivity index (χ2v) is 7.95. The molecule has 1 saturated carbocycles. The molecule has 1 aliphatic carbocycles. The van der Waals surface area contributed by atoms with Crippen LogP contribution in [0.3, 0.4) is 0 Å². The van der Waals surface area contributed by atoms with Crippen LogP contribution in [0.2, 0.25) is 0 Å². The minimum atomic E-state index is 0. The number of carbonyl (C=O) groups excluding carboxylic acids is 1. The summed E-state index contributed by atoms with van der Waals surface area (Å²) in [5.41, 5.74) is 0.465. The number of nitrogens with zero attached hydrogens (tertiary/aromatic N) is 3. The molecule has 2 aliphatic rings. The highest BCUT2D eigenvalue weighted by atomic mass is 127. The lowest BCUT2D eigenvalue weighted by atomic mass is 9.83. The molecular weight excluding hydrogens is 441 g/mol. The van der Waals surface area contributed by atoms with E-state index in [9.17, 15) is 4.79 Å². The first-order valence-electron chi connectivity index (χ1n) is 9.95. The number of guanidine groups is 1. The van der Waals surface area contributed by atoms with Gasteiger partial charge in [0.15, 0.2) is 5.96 Å². The second kappa shape index (κ2) is 11.3. The zero-order valence-corrected chi connectivity index (χ0v) is 19.3. The summed E-state index contributed by atoms with van der Waals surface area (Å²) in [5, 5.41) is 6.60. The third-order valence-corrected chi connectivity index (χ3v) is 5.74. The van der Waals surface area contributed by atoms with E-state index in [2.05, 4.69) is 32.3 Å². The van der Waals surface area contributed by atoms with Gasteiger partial charge < -0.3 is 15.5 Å². The maximum atomic E-state index is 11.9. The van der Waals surface area contributed by atoms with E-state index in [0.29, 0.717) is 12.0 Å². The van der Waals surface area contributed by atoms with Gasteiger partial charge in [-0.15, -0.1) is 24.0 Å². The molecule has 2 N–H and O–H groups in total. The van der Waals surface area contributed by atoms with Gasteiger partial charge in [-0.2, -0.15) is 0 Å². The Kier molecular flexibility index (Phi) is 10.2. The number of hydrogen-bond donors (Lipinski definition) is 2. The third kappa shape index (κ3) is 6.87. The number of amides is 1. The molecular formula is C19H38IN5O. The average Bonchev–Trinajstić information content (AvgIpc) is 3.05. The van der Waals surface area contributed by atoms with Crippen molar-refractivity contribution in [2.75, 3.05) is 46.3 Å². The maximum absolute atomic E-state index is 11.9. The fraction of sp³-hybridized carbons (Fsp3) is 0.895. The van der Waals surface area contributed by atoms with Crippen molar-refractivity contribution in [1.82, 2.24) is 20.4 Å². The Hall–Kier alpha value is -0.570. The smallest absolute Gasteiger partial charge is 0.234 e. The van der Waals surface area contributed by atoms with Crippen LogP contribution in [0.1, 0.15) is 52.9 Å². The Bertz CT molecular complexity index is 455. The van der Waals surface area contributed by atoms with Gasteiger partial charge in [0, 0.05) is 45.8 Å². The van der Waals surface area contributed by atoms with Gasteiger partial charge in [0.1, 0.15) is 0 Å². The molecule has 1 amide bonds. The van der Waals surface area contributed by atoms with E-state index in [1.807, 2.05) is 20.9 Å². The summed E-state index contributed by atoms with van der Waals surface area (Å²) in [4.78, 5) is 21.0. The molecule has 26 heavy (non-hydrogen) atoms. The predicted octanol–water partition coefficient (Wildman–Crippen LogP) is 2.29. The Labute approximate surface area is 176 Å². The highest BCUT2D eigenvalue weighted by Crippen LogP contribution is 2.40. The largest absolute Gasteiger partial charge is 0.356 e. The molecule has 2 rings (SSSR count). The number of carbonyl (C=O) groups is 1. The summed E-state index contributed by atoms with van der Waals surface area (Å²) in [5.74, 6) is 1.14. The SMILES string of the molecule is CCC1(CNC(=NC)N2CCN(CC(=O)NC(C)C)CC2)CCCC1.I. The summed E-state index contributed by atoms with van der Waals surface area (Å²) < 4.78 is 0. The first-order chi connectivity index (χ1) is 12.0. The first-order valence-corrected chi connectivity index (χ1v) is 9.95. The van der Waals surface area contributed by atoms with Gasteiger partial charge in [-0.05, 0) is 38.5 Å². The highest BCUT2D eigenvalue weighted by Gasteiger charge is 2.32. The highest BCUT2D eigenvalue weighted by molar-refractivity contribution is 14.0. The summed E-state index contributed by atoms with van der Waals surface area (Å²) >= 11 is 0. The van der Waals surface area contributed by atoms with E-state index in [4.69, 9.17) is 0 Å². The van der Waals surface area contributed by atoms with E-state index in [1.165, 1.54) is 32.1 Å². The fourth-order valence-electron chi connectivity index (χ4n) is 4.07. The molecule has 0 atom stereocenters. The molecule has 7 heteroatoms. The molecule has 2 fully saturated rings. The Balaban J connectivity index is 0.00000338. The van der Waals surface area contributed by atoms with Crippen LogP contribution >= 0.6 is 24.0 Å². The van der Waals surface area contributed by atoms with Crippen LogP contribution in [0, 0.1) is 5.41 Å². The minimum absolute atomic E-state index is 0. The Morgan fingerprint density at radius 2 is 1.77 bits per heavy atom. The molecule has 1 saturated heterocycles. The number of piperazine rings is 1. The van der Waals surface area contributed by atoms with Crippen molar-refractivity contribution in [2.24, 2.45) is 10.4 Å². The molecule has 0 spiro atoms. The molecule has 0 radical (unpaired) electrons. The van der Waals surface area contributed by atoms with Crippen molar-refractivity contribution >= 4 is 35.8 Å². The molecule has 1 heterocycles. The molecule has 0 aromatic rings. The normalized spacial score (nSPS) is 20.8. The van der Waals surface area contributed by atoms with Gasteiger partial charge in [-0.3, -0.25) is 14.7 Å². The Morgan fingerprint density at radius 3 is 2.27 bits per heavy atom. The summed E-state index contributed by atoms with van der Waals surface area (Å²) in [6, 6.07) is 0.207. The monoisotopic (exact) mass is 479 g/mol. The number of hydrogen-bond acceptors (Lipinski definition) is 3. The number of rotatable bonds is 6. The average molecular weight is 479 g/mol. The van der Waals surface area contributed by atoms with E-state index in [0.717, 1.165) is 38.7 Å². The Morgan fingerprint density at radius 1 is 1.15 bits per heavy atom. The van der Waals surface area contributed by atoms with Crippen molar-refractivity contribution in [3.05, 3.63) is 0 Å². The van der Waals surface area contributed by atoms with Crippen molar-refractivity contribution < 1.29 is 4.79 Å². The van der Waals surface area contributed by atoms with Gasteiger partial charge in [0.05, 0.1) is 6.54 Å². The third-order valence-electron chi connectivity index (χ3n) is 5.74. The molecule has 0 unspecified atom stereocenters. The number of nitrogens with one attached hydrogen (secondary N) is 2. The number of aliphatic imine (C=N–C) groups is 1. The standard InChI is InChI=1S/C19H37N5O.HI/c1-5-19(8-6-7-9-19)15-21-18(20-4)24-12-10-23(11-13-24)14-17(25)22-16(2)3;/h16H,5-15H2,1-4H3,(H,20,21)(H,22,25);1H. The lowest BCUT2D eigenvalue weighted by molar-refractivity contribution is -0.123. The van der Waals surface area contributed by atoms with Crippen LogP contribution in [-0.4, -0.2) is 74.0 Å². The van der Waals surface area contributed by atoms with Gasteiger partial charge in [-0.1, -0.05) is 19.8 Å². The van der Waals surface area contributed by atoms with Crippen LogP contribution in [-0.2, 0) is 4.79 Å². The lowest BCUT2D eigenvalue weighted by Gasteiger charge is -2.37. The molecule has 152 valence electrons. The first kappa shape index (κ1) is 23.5. The quantitative estimate of drug-likeness (QED) is 0.349. The van der Waals surface area contributed by atoms with Gasteiger partial charge in [-0.25, -0.2) is 0 Å². The van der Waals surface area contributed by atoms with E-state index in [1.54, 1.807) is 0 Å². The zero-order valence-electron chi connectivity index (χ0n) is 17.0. The molecule has 6 nitrogen and oxygen atoms in total. The summed E-state index contributed by atoms with van der Waals surface area (Å²) in [6.45, 7) is 11.5. The minimum Gasteiger partial charge on any atom is -0.356 e. The molecule has 1 aliphatic heterocycles. The lowest BCUT2D eigenvalue weighted by Crippen LogP contribution is -2.55. The fourth-order valence-corrected chi connectivity index (χ4v) is 4.07. The van der Waals surface area contributed by atoms with Gasteiger partial charge in [0.25, 0.3) is 0 Å². The van der Waals surface area contributed by atoms with Crippen molar-refractivity contribution in [3.63, 3.8) is 0 Å². The molecule has 0 aromatic heterocycles. The zero-order chi connectivity index (χ0) is 18.3. The molecule has 0 bridgehead atoms. The summed E-state index contributed by atoms with van der Waals surface area (Å²) in [7, 11) is 1.87. The van der Waals surface area contributed by atoms with Crippen LogP contribution in [0.5, 0.6) is 0 Å². The van der Waals surface area contributed by atoms with Gasteiger partial charge in [0.2, 0.25) is 5.91 Å². The predicted molar refractivity (Wildman–Crippen MR) is 119 cm³/mol. The van der Waals surface area contributed by atoms with Crippen molar-refractivity contribution in [2.45, 2.75) is 58.9 Å². The van der Waals surface area contributed by atoms with E-state index >= 15 is 0 Å². The second-order valence-electron chi connectivity index (χ2n) is 7.95. The summed E-state index contributed by atoms with van der Waals surface area (Å²) in [6.07, 6.45) is 6.66. The van der Waals surface area contributed by atoms with Gasteiger partial charge >= 0.3 is 0 Å². The topological polar surface area (TPSA) is 60.0 Å². The van der Waals surface area contributed by atoms with Crippen LogP contribution < -0.4 is 10.6 Å². The van der Waals surface area contributed by atoms with E-state index < -0.39 is 0 Å². The van der Waals surface area contributed by atoms with Crippen molar-refractivity contribution in [3.8, 4) is 0 Å². The maximum Gasteiger partial charge on any atom is 0.234 e.